The van der Waals surface area contributed by atoms with Crippen molar-refractivity contribution in [1.29, 1.82) is 0 Å². The van der Waals surface area contributed by atoms with Gasteiger partial charge in [-0.05, 0) is 6.42 Å². The zero-order valence-electron chi connectivity index (χ0n) is 10.8. The molecule has 1 heterocycles. The third kappa shape index (κ3) is 7.24. The van der Waals surface area contributed by atoms with Gasteiger partial charge in [0.25, 0.3) is 0 Å². The molecule has 0 spiro atoms. The Bertz CT molecular complexity index is 159. The second-order valence-corrected chi connectivity index (χ2v) is 5.04. The molecule has 1 aliphatic rings. The van der Waals surface area contributed by atoms with Crippen LogP contribution in [0.3, 0.4) is 0 Å². The molecule has 2 heteroatoms. The molecule has 1 saturated heterocycles. The first-order valence-electron chi connectivity index (χ1n) is 7.18. The summed E-state index contributed by atoms with van der Waals surface area (Å²) in [6, 6.07) is 0. The van der Waals surface area contributed by atoms with E-state index in [1.165, 1.54) is 64.2 Å². The van der Waals surface area contributed by atoms with Crippen molar-refractivity contribution in [2.45, 2.75) is 89.9 Å². The number of ether oxygens (including phenoxy) is 1. The molecule has 96 valence electrons. The summed E-state index contributed by atoms with van der Waals surface area (Å²) in [4.78, 5) is 0. The van der Waals surface area contributed by atoms with Gasteiger partial charge >= 0.3 is 0 Å². The number of unbranched alkanes of at least 4 members (excludes halogenated alkanes) is 9. The molecule has 0 aromatic heterocycles. The quantitative estimate of drug-likeness (QED) is 0.428. The Morgan fingerprint density at radius 1 is 0.812 bits per heavy atom. The van der Waals surface area contributed by atoms with Gasteiger partial charge in [-0.25, -0.2) is 0 Å². The second kappa shape index (κ2) is 9.00. The van der Waals surface area contributed by atoms with Crippen molar-refractivity contribution in [2.24, 2.45) is 0 Å². The van der Waals surface area contributed by atoms with Gasteiger partial charge in [-0.15, -0.1) is 0 Å². The summed E-state index contributed by atoms with van der Waals surface area (Å²) in [5, 5.41) is 8.95. The van der Waals surface area contributed by atoms with Gasteiger partial charge in [0.15, 0.2) is 6.29 Å². The van der Waals surface area contributed by atoms with Crippen LogP contribution >= 0.6 is 0 Å². The molecule has 2 unspecified atom stereocenters. The molecule has 0 amide bonds. The lowest BCUT2D eigenvalue weighted by molar-refractivity contribution is 0.156. The highest BCUT2D eigenvalue weighted by atomic mass is 16.7. The van der Waals surface area contributed by atoms with Gasteiger partial charge in [-0.3, -0.25) is 0 Å². The molecule has 0 aromatic rings. The van der Waals surface area contributed by atoms with E-state index >= 15 is 0 Å². The van der Waals surface area contributed by atoms with Crippen molar-refractivity contribution in [2.75, 3.05) is 0 Å². The van der Waals surface area contributed by atoms with Crippen LogP contribution in [0.4, 0.5) is 0 Å². The normalized spacial score (nSPS) is 23.6. The van der Waals surface area contributed by atoms with Crippen LogP contribution in [-0.2, 0) is 4.74 Å². The molecule has 16 heavy (non-hydrogen) atoms. The Kier molecular flexibility index (Phi) is 7.87. The Hall–Kier alpha value is -0.0800. The highest BCUT2D eigenvalue weighted by molar-refractivity contribution is 4.74. The fourth-order valence-corrected chi connectivity index (χ4v) is 2.18. The van der Waals surface area contributed by atoms with Gasteiger partial charge in [0, 0.05) is 0 Å². The SMILES string of the molecule is CCCCCCCCCCCCC1OC1O. The molecule has 0 aromatic carbocycles. The minimum Gasteiger partial charge on any atom is -0.366 e. The van der Waals surface area contributed by atoms with E-state index in [0.29, 0.717) is 0 Å². The van der Waals surface area contributed by atoms with Gasteiger partial charge < -0.3 is 9.84 Å². The Labute approximate surface area is 100 Å². The molecule has 0 bridgehead atoms. The average molecular weight is 228 g/mol. The lowest BCUT2D eigenvalue weighted by Crippen LogP contribution is -1.91. The molecule has 0 saturated carbocycles. The molecular weight excluding hydrogens is 200 g/mol. The molecule has 2 atom stereocenters. The third-order valence-electron chi connectivity index (χ3n) is 3.40. The van der Waals surface area contributed by atoms with E-state index < -0.39 is 6.29 Å². The Morgan fingerprint density at radius 3 is 1.69 bits per heavy atom. The number of hydrogen-bond donors (Lipinski definition) is 1. The smallest absolute Gasteiger partial charge is 0.181 e. The largest absolute Gasteiger partial charge is 0.366 e. The molecule has 0 aliphatic carbocycles. The molecule has 0 radical (unpaired) electrons. The maximum Gasteiger partial charge on any atom is 0.181 e. The third-order valence-corrected chi connectivity index (χ3v) is 3.40. The average Bonchev–Trinajstić information content (AvgIpc) is 2.97. The highest BCUT2D eigenvalue weighted by Gasteiger charge is 2.35. The van der Waals surface area contributed by atoms with Crippen LogP contribution in [0.5, 0.6) is 0 Å². The van der Waals surface area contributed by atoms with Crippen molar-refractivity contribution < 1.29 is 9.84 Å². The van der Waals surface area contributed by atoms with E-state index in [1.54, 1.807) is 0 Å². The highest BCUT2D eigenvalue weighted by Crippen LogP contribution is 2.24. The number of hydrogen-bond acceptors (Lipinski definition) is 2. The zero-order valence-corrected chi connectivity index (χ0v) is 10.8. The topological polar surface area (TPSA) is 32.8 Å². The van der Waals surface area contributed by atoms with Crippen molar-refractivity contribution in [3.05, 3.63) is 0 Å². The monoisotopic (exact) mass is 228 g/mol. The van der Waals surface area contributed by atoms with Crippen molar-refractivity contribution in [1.82, 2.24) is 0 Å². The second-order valence-electron chi connectivity index (χ2n) is 5.04. The number of epoxide rings is 1. The lowest BCUT2D eigenvalue weighted by atomic mass is 10.1. The predicted octanol–water partition coefficient (Wildman–Crippen LogP) is 4.01. The minimum atomic E-state index is -0.432. The van der Waals surface area contributed by atoms with Gasteiger partial charge in [-0.2, -0.15) is 0 Å². The van der Waals surface area contributed by atoms with E-state index in [-0.39, 0.29) is 6.10 Å². The van der Waals surface area contributed by atoms with Crippen LogP contribution in [0.2, 0.25) is 0 Å². The summed E-state index contributed by atoms with van der Waals surface area (Å²) in [5.74, 6) is 0. The Balaban J connectivity index is 1.65. The first-order chi connectivity index (χ1) is 7.84. The number of aliphatic hydroxyl groups is 1. The van der Waals surface area contributed by atoms with Crippen LogP contribution < -0.4 is 0 Å². The summed E-state index contributed by atoms with van der Waals surface area (Å²) < 4.78 is 4.95. The fraction of sp³-hybridized carbons (Fsp3) is 1.00. The van der Waals surface area contributed by atoms with E-state index in [0.717, 1.165) is 6.42 Å². The molecule has 1 N–H and O–H groups in total. The predicted molar refractivity (Wildman–Crippen MR) is 67.3 cm³/mol. The van der Waals surface area contributed by atoms with E-state index in [4.69, 9.17) is 9.84 Å². The van der Waals surface area contributed by atoms with Gasteiger partial charge in [0.2, 0.25) is 0 Å². The summed E-state index contributed by atoms with van der Waals surface area (Å²) in [6.45, 7) is 2.26. The van der Waals surface area contributed by atoms with Gasteiger partial charge in [-0.1, -0.05) is 71.1 Å². The lowest BCUT2D eigenvalue weighted by Gasteiger charge is -2.01. The fourth-order valence-electron chi connectivity index (χ4n) is 2.18. The van der Waals surface area contributed by atoms with Gasteiger partial charge in [0.05, 0.1) is 0 Å². The summed E-state index contributed by atoms with van der Waals surface area (Å²) in [6.07, 6.45) is 14.5. The first-order valence-corrected chi connectivity index (χ1v) is 7.18. The van der Waals surface area contributed by atoms with Crippen LogP contribution in [0.15, 0.2) is 0 Å². The summed E-state index contributed by atoms with van der Waals surface area (Å²) in [5.41, 5.74) is 0. The molecule has 1 fully saturated rings. The van der Waals surface area contributed by atoms with Crippen LogP contribution in [0.25, 0.3) is 0 Å². The number of rotatable bonds is 11. The summed E-state index contributed by atoms with van der Waals surface area (Å²) in [7, 11) is 0. The minimum absolute atomic E-state index is 0.175. The maximum absolute atomic E-state index is 8.95. The zero-order chi connectivity index (χ0) is 11.6. The molecule has 2 nitrogen and oxygen atoms in total. The Morgan fingerprint density at radius 2 is 1.25 bits per heavy atom. The maximum atomic E-state index is 8.95. The standard InChI is InChI=1S/C14H28O2/c1-2-3-4-5-6-7-8-9-10-11-12-13-14(15)16-13/h13-15H,2-12H2,1H3. The van der Waals surface area contributed by atoms with Crippen molar-refractivity contribution in [3.63, 3.8) is 0 Å². The van der Waals surface area contributed by atoms with Gasteiger partial charge in [0.1, 0.15) is 6.10 Å². The van der Waals surface area contributed by atoms with Crippen LogP contribution in [0, 0.1) is 0 Å². The first kappa shape index (κ1) is 14.0. The molecule has 1 rings (SSSR count). The van der Waals surface area contributed by atoms with Crippen molar-refractivity contribution >= 4 is 0 Å². The van der Waals surface area contributed by atoms with E-state index in [9.17, 15) is 0 Å². The van der Waals surface area contributed by atoms with Crippen LogP contribution in [-0.4, -0.2) is 17.5 Å². The van der Waals surface area contributed by atoms with E-state index in [1.807, 2.05) is 0 Å². The molecular formula is C14H28O2. The van der Waals surface area contributed by atoms with Crippen LogP contribution in [0.1, 0.15) is 77.6 Å². The van der Waals surface area contributed by atoms with Crippen molar-refractivity contribution in [3.8, 4) is 0 Å². The molecule has 1 aliphatic heterocycles. The number of aliphatic hydroxyl groups excluding tert-OH is 1. The summed E-state index contributed by atoms with van der Waals surface area (Å²) >= 11 is 0. The van der Waals surface area contributed by atoms with E-state index in [2.05, 4.69) is 6.92 Å².